The summed E-state index contributed by atoms with van der Waals surface area (Å²) in [5, 5.41) is 12.7. The van der Waals surface area contributed by atoms with Gasteiger partial charge >= 0.3 is 5.97 Å². The molecule has 0 unspecified atom stereocenters. The number of benzene rings is 1. The van der Waals surface area contributed by atoms with E-state index in [2.05, 4.69) is 31.2 Å². The molecule has 0 spiro atoms. The van der Waals surface area contributed by atoms with Gasteiger partial charge < -0.3 is 10.5 Å². The Morgan fingerprint density at radius 3 is 2.74 bits per heavy atom. The average Bonchev–Trinajstić information content (AvgIpc) is 3.41. The van der Waals surface area contributed by atoms with Crippen molar-refractivity contribution in [3.63, 3.8) is 0 Å². The van der Waals surface area contributed by atoms with E-state index >= 15 is 0 Å². The number of hydrogen-bond acceptors (Lipinski definition) is 9. The number of nitriles is 1. The van der Waals surface area contributed by atoms with E-state index < -0.39 is 0 Å². The lowest BCUT2D eigenvalue weighted by Gasteiger charge is -2.38. The normalized spacial score (nSPS) is 20.1. The van der Waals surface area contributed by atoms with Gasteiger partial charge in [-0.2, -0.15) is 5.26 Å². The predicted molar refractivity (Wildman–Crippen MR) is 123 cm³/mol. The van der Waals surface area contributed by atoms with E-state index in [1.165, 1.54) is 0 Å². The Kier molecular flexibility index (Phi) is 5.61. The van der Waals surface area contributed by atoms with Crippen LogP contribution < -0.4 is 11.1 Å². The highest BCUT2D eigenvalue weighted by molar-refractivity contribution is 5.94. The number of aryl methyl sites for hydroxylation is 2. The van der Waals surface area contributed by atoms with Crippen LogP contribution in [0.4, 0.5) is 0 Å². The first kappa shape index (κ1) is 22.2. The lowest BCUT2D eigenvalue weighted by atomic mass is 9.93. The number of carbonyl (C=O) groups is 1. The molecule has 2 aromatic heterocycles. The van der Waals surface area contributed by atoms with Crippen LogP contribution in [0.2, 0.25) is 0 Å². The quantitative estimate of drug-likeness (QED) is 0.558. The second-order valence-electron chi connectivity index (χ2n) is 8.86. The Hall–Kier alpha value is -3.65. The first-order valence-electron chi connectivity index (χ1n) is 11.2. The number of nitrogens with two attached hydrogens (primary N) is 1. The van der Waals surface area contributed by atoms with E-state index in [0.29, 0.717) is 48.2 Å². The summed E-state index contributed by atoms with van der Waals surface area (Å²) in [4.78, 5) is 27.6. The fourth-order valence-electron chi connectivity index (χ4n) is 4.80. The second kappa shape index (κ2) is 8.61. The van der Waals surface area contributed by atoms with Crippen LogP contribution >= 0.6 is 0 Å². The van der Waals surface area contributed by atoms with E-state index in [4.69, 9.17) is 10.5 Å². The van der Waals surface area contributed by atoms with E-state index in [1.807, 2.05) is 25.3 Å². The van der Waals surface area contributed by atoms with Crippen LogP contribution in [0, 0.1) is 32.1 Å². The molecule has 1 saturated heterocycles. The maximum atomic E-state index is 11.9. The Labute approximate surface area is 197 Å². The molecule has 1 fully saturated rings. The Morgan fingerprint density at radius 1 is 1.24 bits per heavy atom. The van der Waals surface area contributed by atoms with Gasteiger partial charge in [0.1, 0.15) is 19.0 Å². The molecular weight excluding hydrogens is 432 g/mol. The van der Waals surface area contributed by atoms with Gasteiger partial charge in [-0.1, -0.05) is 6.07 Å². The van der Waals surface area contributed by atoms with Crippen LogP contribution in [-0.4, -0.2) is 49.6 Å². The molecule has 3 aromatic rings. The highest BCUT2D eigenvalue weighted by Crippen LogP contribution is 2.30. The minimum Gasteiger partial charge on any atom is -0.457 e. The third-order valence-corrected chi connectivity index (χ3v) is 6.52. The topological polar surface area (TPSA) is 135 Å². The highest BCUT2D eigenvalue weighted by atomic mass is 16.5. The third kappa shape index (κ3) is 3.94. The van der Waals surface area contributed by atoms with Crippen molar-refractivity contribution in [2.75, 3.05) is 13.1 Å². The number of nitrogens with zero attached hydrogens (tertiary/aromatic N) is 6. The smallest absolute Gasteiger partial charge is 0.338 e. The molecule has 4 heterocycles. The molecule has 1 aromatic carbocycles. The van der Waals surface area contributed by atoms with Crippen LogP contribution in [0.5, 0.6) is 0 Å². The van der Waals surface area contributed by atoms with Crippen molar-refractivity contribution in [1.29, 1.82) is 5.26 Å². The molecule has 0 saturated carbocycles. The number of fused-ring (bicyclic) bond motifs is 1. The molecule has 5 rings (SSSR count). The monoisotopic (exact) mass is 458 g/mol. The van der Waals surface area contributed by atoms with Crippen molar-refractivity contribution < 1.29 is 9.53 Å². The summed E-state index contributed by atoms with van der Waals surface area (Å²) >= 11 is 0. The molecular formula is C24H26N8O2. The zero-order valence-electron chi connectivity index (χ0n) is 19.4. The van der Waals surface area contributed by atoms with Crippen molar-refractivity contribution in [2.45, 2.75) is 46.1 Å². The average molecular weight is 459 g/mol. The zero-order valence-corrected chi connectivity index (χ0v) is 19.4. The number of esters is 1. The Morgan fingerprint density at radius 2 is 2.00 bits per heavy atom. The van der Waals surface area contributed by atoms with Gasteiger partial charge in [-0.25, -0.2) is 19.7 Å². The molecule has 174 valence electrons. The molecule has 2 aliphatic heterocycles. The van der Waals surface area contributed by atoms with Gasteiger partial charge in [0.2, 0.25) is 5.95 Å². The summed E-state index contributed by atoms with van der Waals surface area (Å²) in [5.74, 6) is 0.236. The predicted octanol–water partition coefficient (Wildman–Crippen LogP) is 1.56. The van der Waals surface area contributed by atoms with Crippen molar-refractivity contribution in [2.24, 2.45) is 5.73 Å². The fourth-order valence-corrected chi connectivity index (χ4v) is 4.80. The number of piperazine rings is 1. The van der Waals surface area contributed by atoms with Gasteiger partial charge in [-0.15, -0.1) is 0 Å². The van der Waals surface area contributed by atoms with Crippen molar-refractivity contribution in [3.05, 3.63) is 69.6 Å². The molecule has 10 heteroatoms. The number of hydrogen-bond donors (Lipinski definition) is 2. The summed E-state index contributed by atoms with van der Waals surface area (Å²) in [5.41, 5.74) is 12.8. The summed E-state index contributed by atoms with van der Waals surface area (Å²) in [6.07, 6.45) is 3.40. The van der Waals surface area contributed by atoms with Gasteiger partial charge in [-0.3, -0.25) is 14.8 Å². The van der Waals surface area contributed by atoms with E-state index in [1.54, 1.807) is 24.7 Å². The number of rotatable bonds is 4. The number of imidazole rings is 1. The van der Waals surface area contributed by atoms with Gasteiger partial charge in [0, 0.05) is 37.4 Å². The lowest BCUT2D eigenvalue weighted by Crippen LogP contribution is -2.56. The molecule has 2 atom stereocenters. The lowest BCUT2D eigenvalue weighted by molar-refractivity contribution is 0.0535. The van der Waals surface area contributed by atoms with E-state index in [0.717, 1.165) is 28.9 Å². The largest absolute Gasteiger partial charge is 0.457 e. The molecule has 34 heavy (non-hydrogen) atoms. The van der Waals surface area contributed by atoms with Gasteiger partial charge in [-0.05, 0) is 38.0 Å². The molecule has 0 radical (unpaired) electrons. The SMILES string of the molecule is Cc1nc(-n2cnc(CN3C[C@@H](c4ccc5c(c4C)COC5=O)N[C@@H](N)C3)c2)nc(C)c1C#N. The number of nitrogens with one attached hydrogen (secondary N) is 1. The molecule has 0 amide bonds. The fraction of sp³-hybridized carbons (Fsp3) is 0.375. The number of carbonyl (C=O) groups excluding carboxylic acids is 1. The summed E-state index contributed by atoms with van der Waals surface area (Å²) < 4.78 is 6.98. The number of cyclic esters (lactones) is 1. The van der Waals surface area contributed by atoms with Crippen LogP contribution in [0.25, 0.3) is 5.95 Å². The first-order valence-corrected chi connectivity index (χ1v) is 11.2. The second-order valence-corrected chi connectivity index (χ2v) is 8.86. The zero-order chi connectivity index (χ0) is 24.0. The minimum absolute atomic E-state index is 0.0268. The molecule has 0 bridgehead atoms. The number of aromatic nitrogens is 4. The Bertz CT molecular complexity index is 1300. The highest BCUT2D eigenvalue weighted by Gasteiger charge is 2.30. The molecule has 10 nitrogen and oxygen atoms in total. The van der Waals surface area contributed by atoms with Crippen LogP contribution in [0.1, 0.15) is 55.7 Å². The first-order chi connectivity index (χ1) is 16.3. The van der Waals surface area contributed by atoms with Gasteiger partial charge in [0.15, 0.2) is 0 Å². The van der Waals surface area contributed by atoms with E-state index in [-0.39, 0.29) is 18.2 Å². The summed E-state index contributed by atoms with van der Waals surface area (Å²) in [7, 11) is 0. The summed E-state index contributed by atoms with van der Waals surface area (Å²) in [6, 6.07) is 6.02. The van der Waals surface area contributed by atoms with Crippen molar-refractivity contribution in [1.82, 2.24) is 29.7 Å². The van der Waals surface area contributed by atoms with Gasteiger partial charge in [0.25, 0.3) is 0 Å². The Balaban J connectivity index is 1.34. The molecule has 0 aliphatic carbocycles. The number of ether oxygens (including phenoxy) is 1. The molecule has 2 aliphatic rings. The van der Waals surface area contributed by atoms with E-state index in [9.17, 15) is 10.1 Å². The summed E-state index contributed by atoms with van der Waals surface area (Å²) in [6.45, 7) is 8.02. The maximum Gasteiger partial charge on any atom is 0.338 e. The van der Waals surface area contributed by atoms with Gasteiger partial charge in [0.05, 0.1) is 34.4 Å². The van der Waals surface area contributed by atoms with Crippen molar-refractivity contribution >= 4 is 5.97 Å². The van der Waals surface area contributed by atoms with Crippen molar-refractivity contribution in [3.8, 4) is 12.0 Å². The molecule has 3 N–H and O–H groups in total. The maximum absolute atomic E-state index is 11.9. The van der Waals surface area contributed by atoms with Crippen LogP contribution in [0.15, 0.2) is 24.7 Å². The van der Waals surface area contributed by atoms with Crippen LogP contribution in [-0.2, 0) is 17.9 Å². The van der Waals surface area contributed by atoms with Crippen LogP contribution in [0.3, 0.4) is 0 Å². The third-order valence-electron chi connectivity index (χ3n) is 6.52. The standard InChI is InChI=1S/C24H26N8O2/c1-13-17(4-5-18-20(13)11-34-23(18)33)21-9-31(10-22(26)30-21)7-16-8-32(12-27-16)24-28-14(2)19(6-25)15(3)29-24/h4-5,8,12,21-22,30H,7,9-11,26H2,1-3H3/t21-,22+/m0/s1. The minimum atomic E-state index is -0.258.